The number of hydrazine groups is 1. The molecule has 1 fully saturated rings. The summed E-state index contributed by atoms with van der Waals surface area (Å²) in [4.78, 5) is 0. The summed E-state index contributed by atoms with van der Waals surface area (Å²) in [6, 6.07) is 0.115. The van der Waals surface area contributed by atoms with Crippen molar-refractivity contribution in [3.8, 4) is 0 Å². The number of hydrogen-bond acceptors (Lipinski definition) is 4. The highest BCUT2D eigenvalue weighted by atomic mass is 79.9. The fourth-order valence-corrected chi connectivity index (χ4v) is 3.62. The van der Waals surface area contributed by atoms with E-state index in [9.17, 15) is 0 Å². The molecule has 5 nitrogen and oxygen atoms in total. The van der Waals surface area contributed by atoms with E-state index in [1.165, 1.54) is 25.7 Å². The van der Waals surface area contributed by atoms with E-state index in [0.717, 1.165) is 16.7 Å². The van der Waals surface area contributed by atoms with Gasteiger partial charge in [0.2, 0.25) is 0 Å². The molecule has 1 aromatic rings. The summed E-state index contributed by atoms with van der Waals surface area (Å²) in [6.45, 7) is 3.70. The van der Waals surface area contributed by atoms with E-state index in [1.807, 2.05) is 10.9 Å². The van der Waals surface area contributed by atoms with Crippen molar-refractivity contribution in [3.05, 3.63) is 16.4 Å². The van der Waals surface area contributed by atoms with Crippen molar-refractivity contribution >= 4 is 15.9 Å². The minimum absolute atomic E-state index is 0.115. The van der Waals surface area contributed by atoms with Gasteiger partial charge in [0.15, 0.2) is 0 Å². The second-order valence-corrected chi connectivity index (χ2v) is 6.41. The number of aromatic nitrogens is 2. The van der Waals surface area contributed by atoms with Gasteiger partial charge in [0.1, 0.15) is 0 Å². The zero-order valence-electron chi connectivity index (χ0n) is 11.7. The first-order chi connectivity index (χ1) is 9.12. The maximum Gasteiger partial charge on any atom is 0.0715 e. The summed E-state index contributed by atoms with van der Waals surface area (Å²) in [7, 11) is 1.70. The first kappa shape index (κ1) is 15.0. The van der Waals surface area contributed by atoms with E-state index in [0.29, 0.717) is 6.61 Å². The molecule has 0 spiro atoms. The topological polar surface area (TPSA) is 65.1 Å². The van der Waals surface area contributed by atoms with Crippen LogP contribution in [0.4, 0.5) is 0 Å². The van der Waals surface area contributed by atoms with Crippen LogP contribution >= 0.6 is 15.9 Å². The van der Waals surface area contributed by atoms with Crippen molar-refractivity contribution in [3.63, 3.8) is 0 Å². The summed E-state index contributed by atoms with van der Waals surface area (Å²) < 4.78 is 8.15. The molecular weight excluding hydrogens is 308 g/mol. The van der Waals surface area contributed by atoms with Crippen molar-refractivity contribution in [1.82, 2.24) is 15.2 Å². The van der Waals surface area contributed by atoms with Crippen LogP contribution in [0.15, 0.2) is 10.7 Å². The van der Waals surface area contributed by atoms with Crippen LogP contribution in [0.3, 0.4) is 0 Å². The van der Waals surface area contributed by atoms with Crippen molar-refractivity contribution in [1.29, 1.82) is 0 Å². The Morgan fingerprint density at radius 2 is 2.26 bits per heavy atom. The van der Waals surface area contributed by atoms with Gasteiger partial charge in [0.25, 0.3) is 0 Å². The summed E-state index contributed by atoms with van der Waals surface area (Å²) >= 11 is 3.60. The lowest BCUT2D eigenvalue weighted by atomic mass is 9.79. The van der Waals surface area contributed by atoms with Gasteiger partial charge in [-0.05, 0) is 34.2 Å². The van der Waals surface area contributed by atoms with Gasteiger partial charge >= 0.3 is 0 Å². The number of ether oxygens (including phenoxy) is 1. The molecule has 1 aliphatic carbocycles. The Labute approximate surface area is 123 Å². The summed E-state index contributed by atoms with van der Waals surface area (Å²) in [5, 5.41) is 4.42. The zero-order valence-corrected chi connectivity index (χ0v) is 13.2. The minimum Gasteiger partial charge on any atom is -0.383 e. The third kappa shape index (κ3) is 3.02. The van der Waals surface area contributed by atoms with E-state index >= 15 is 0 Å². The summed E-state index contributed by atoms with van der Waals surface area (Å²) in [6.07, 6.45) is 6.79. The SMILES string of the molecule is COCCn1ncc(Br)c1C(NN)C1(C)CCCC1. The molecule has 1 heterocycles. The molecule has 0 amide bonds. The van der Waals surface area contributed by atoms with Crippen LogP contribution in [-0.4, -0.2) is 23.5 Å². The number of rotatable bonds is 6. The first-order valence-electron chi connectivity index (χ1n) is 6.78. The predicted molar refractivity (Wildman–Crippen MR) is 78.4 cm³/mol. The number of hydrogen-bond donors (Lipinski definition) is 2. The van der Waals surface area contributed by atoms with Gasteiger partial charge in [0.05, 0.1) is 35.6 Å². The highest BCUT2D eigenvalue weighted by Crippen LogP contribution is 2.48. The molecule has 19 heavy (non-hydrogen) atoms. The second kappa shape index (κ2) is 6.35. The van der Waals surface area contributed by atoms with Gasteiger partial charge in [-0.2, -0.15) is 5.10 Å². The lowest BCUT2D eigenvalue weighted by Crippen LogP contribution is -2.40. The molecular formula is C13H23BrN4O. The molecule has 2 rings (SSSR count). The van der Waals surface area contributed by atoms with Gasteiger partial charge in [-0.15, -0.1) is 0 Å². The monoisotopic (exact) mass is 330 g/mol. The molecule has 0 bridgehead atoms. The van der Waals surface area contributed by atoms with E-state index in [1.54, 1.807) is 7.11 Å². The van der Waals surface area contributed by atoms with Gasteiger partial charge in [-0.1, -0.05) is 19.8 Å². The van der Waals surface area contributed by atoms with Crippen LogP contribution in [0.2, 0.25) is 0 Å². The fraction of sp³-hybridized carbons (Fsp3) is 0.769. The Morgan fingerprint density at radius 1 is 1.58 bits per heavy atom. The van der Waals surface area contributed by atoms with Crippen LogP contribution in [0.5, 0.6) is 0 Å². The van der Waals surface area contributed by atoms with E-state index in [2.05, 4.69) is 33.4 Å². The molecule has 0 radical (unpaired) electrons. The van der Waals surface area contributed by atoms with Crippen molar-refractivity contribution in [2.24, 2.45) is 11.3 Å². The molecule has 1 atom stereocenters. The van der Waals surface area contributed by atoms with Crippen molar-refractivity contribution < 1.29 is 4.74 Å². The van der Waals surface area contributed by atoms with Crippen molar-refractivity contribution in [2.75, 3.05) is 13.7 Å². The van der Waals surface area contributed by atoms with Crippen LogP contribution < -0.4 is 11.3 Å². The van der Waals surface area contributed by atoms with Crippen molar-refractivity contribution in [2.45, 2.75) is 45.2 Å². The molecule has 108 valence electrons. The quantitative estimate of drug-likeness (QED) is 0.620. The van der Waals surface area contributed by atoms with Gasteiger partial charge < -0.3 is 4.74 Å². The second-order valence-electron chi connectivity index (χ2n) is 5.55. The average molecular weight is 331 g/mol. The number of nitrogens with zero attached hydrogens (tertiary/aromatic N) is 2. The van der Waals surface area contributed by atoms with Crippen LogP contribution in [0, 0.1) is 5.41 Å². The Hall–Kier alpha value is -0.430. The summed E-state index contributed by atoms with van der Waals surface area (Å²) in [5.74, 6) is 5.85. The number of nitrogens with two attached hydrogens (primary N) is 1. The molecule has 0 aromatic carbocycles. The standard InChI is InChI=1S/C13H23BrN4O/c1-13(5-3-4-6-13)12(17-15)11-10(14)9-16-18(11)7-8-19-2/h9,12,17H,3-8,15H2,1-2H3. The predicted octanol–water partition coefficient (Wildman–Crippen LogP) is 2.38. The largest absolute Gasteiger partial charge is 0.383 e. The molecule has 0 aliphatic heterocycles. The first-order valence-corrected chi connectivity index (χ1v) is 7.58. The highest BCUT2D eigenvalue weighted by molar-refractivity contribution is 9.10. The number of halogens is 1. The number of methoxy groups -OCH3 is 1. The van der Waals surface area contributed by atoms with Gasteiger partial charge in [0, 0.05) is 7.11 Å². The Morgan fingerprint density at radius 3 is 2.84 bits per heavy atom. The Kier molecular flexibility index (Phi) is 5.00. The van der Waals surface area contributed by atoms with Crippen LogP contribution in [0.25, 0.3) is 0 Å². The van der Waals surface area contributed by atoms with Crippen LogP contribution in [-0.2, 0) is 11.3 Å². The average Bonchev–Trinajstić information content (AvgIpc) is 2.97. The third-order valence-electron chi connectivity index (χ3n) is 4.22. The molecule has 0 saturated heterocycles. The van der Waals surface area contributed by atoms with E-state index in [-0.39, 0.29) is 11.5 Å². The molecule has 3 N–H and O–H groups in total. The Balaban J connectivity index is 2.29. The molecule has 1 saturated carbocycles. The minimum atomic E-state index is 0.115. The molecule has 1 unspecified atom stereocenters. The molecule has 6 heteroatoms. The maximum atomic E-state index is 5.85. The van der Waals surface area contributed by atoms with E-state index < -0.39 is 0 Å². The highest BCUT2D eigenvalue weighted by Gasteiger charge is 2.39. The zero-order chi connectivity index (χ0) is 13.9. The maximum absolute atomic E-state index is 5.85. The molecule has 1 aromatic heterocycles. The van der Waals surface area contributed by atoms with Crippen LogP contribution in [0.1, 0.15) is 44.3 Å². The Bertz CT molecular complexity index is 415. The van der Waals surface area contributed by atoms with E-state index in [4.69, 9.17) is 10.6 Å². The van der Waals surface area contributed by atoms with Gasteiger partial charge in [-0.3, -0.25) is 16.0 Å². The smallest absolute Gasteiger partial charge is 0.0715 e. The lowest BCUT2D eigenvalue weighted by Gasteiger charge is -2.34. The fourth-order valence-electron chi connectivity index (χ4n) is 3.10. The van der Waals surface area contributed by atoms with Gasteiger partial charge in [-0.25, -0.2) is 0 Å². The number of nitrogens with one attached hydrogen (secondary N) is 1. The third-order valence-corrected chi connectivity index (χ3v) is 4.83. The lowest BCUT2D eigenvalue weighted by molar-refractivity contribution is 0.173. The normalized spacial score (nSPS) is 19.8. The molecule has 1 aliphatic rings. The summed E-state index contributed by atoms with van der Waals surface area (Å²) in [5.41, 5.74) is 4.34.